The van der Waals surface area contributed by atoms with Crippen molar-refractivity contribution in [2.75, 3.05) is 5.32 Å². The van der Waals surface area contributed by atoms with Crippen molar-refractivity contribution in [2.24, 2.45) is 5.92 Å². The quantitative estimate of drug-likeness (QED) is 0.684. The molecular formula is C18H21N3O4S2. The molecule has 2 aliphatic rings. The van der Waals surface area contributed by atoms with Crippen LogP contribution in [0.25, 0.3) is 11.3 Å². The summed E-state index contributed by atoms with van der Waals surface area (Å²) in [4.78, 5) is 26.2. The van der Waals surface area contributed by atoms with E-state index < -0.39 is 10.0 Å². The second-order valence-electron chi connectivity index (χ2n) is 7.17. The first-order valence-electron chi connectivity index (χ1n) is 9.07. The Balaban J connectivity index is 1.70. The van der Waals surface area contributed by atoms with E-state index in [4.69, 9.17) is 0 Å². The van der Waals surface area contributed by atoms with Gasteiger partial charge in [-0.05, 0) is 43.9 Å². The van der Waals surface area contributed by atoms with Crippen LogP contribution in [0.2, 0.25) is 0 Å². The first-order valence-corrected chi connectivity index (χ1v) is 11.4. The Kier molecular flexibility index (Phi) is 4.92. The molecular weight excluding hydrogens is 386 g/mol. The number of benzene rings is 1. The summed E-state index contributed by atoms with van der Waals surface area (Å²) < 4.78 is 28.5. The second-order valence-corrected chi connectivity index (χ2v) is 9.73. The highest BCUT2D eigenvalue weighted by molar-refractivity contribution is 7.89. The molecule has 2 saturated carbocycles. The minimum Gasteiger partial charge on any atom is -0.326 e. The Hall–Kier alpha value is -1.97. The number of anilines is 1. The third kappa shape index (κ3) is 4.31. The van der Waals surface area contributed by atoms with Gasteiger partial charge in [0.2, 0.25) is 15.9 Å². The number of thiazole rings is 1. The van der Waals surface area contributed by atoms with Crippen molar-refractivity contribution in [3.63, 3.8) is 0 Å². The molecule has 0 spiro atoms. The number of sulfonamides is 1. The molecule has 9 heteroatoms. The van der Waals surface area contributed by atoms with Crippen LogP contribution in [0.5, 0.6) is 0 Å². The molecule has 1 amide bonds. The molecule has 0 radical (unpaired) electrons. The van der Waals surface area contributed by atoms with Gasteiger partial charge in [0.25, 0.3) is 0 Å². The molecule has 2 fully saturated rings. The maximum Gasteiger partial charge on any atom is 0.304 e. The maximum atomic E-state index is 12.9. The first kappa shape index (κ1) is 18.4. The van der Waals surface area contributed by atoms with E-state index >= 15 is 0 Å². The molecule has 27 heavy (non-hydrogen) atoms. The molecule has 0 saturated heterocycles. The normalized spacial score (nSPS) is 17.9. The first-order chi connectivity index (χ1) is 12.9. The molecule has 0 bridgehead atoms. The number of aromatic nitrogens is 1. The maximum absolute atomic E-state index is 12.9. The second kappa shape index (κ2) is 7.21. The van der Waals surface area contributed by atoms with E-state index in [1.807, 2.05) is 0 Å². The Labute approximate surface area is 161 Å². The highest BCUT2D eigenvalue weighted by atomic mass is 32.2. The van der Waals surface area contributed by atoms with Crippen LogP contribution < -0.4 is 14.9 Å². The van der Waals surface area contributed by atoms with Gasteiger partial charge in [0.1, 0.15) is 0 Å². The Bertz CT molecular complexity index is 1020. The van der Waals surface area contributed by atoms with Crippen LogP contribution in [0.1, 0.15) is 38.5 Å². The zero-order valence-corrected chi connectivity index (χ0v) is 16.3. The summed E-state index contributed by atoms with van der Waals surface area (Å²) in [6.45, 7) is 0. The van der Waals surface area contributed by atoms with Gasteiger partial charge in [-0.25, -0.2) is 13.1 Å². The summed E-state index contributed by atoms with van der Waals surface area (Å²) in [7, 11) is -3.72. The SMILES string of the molecule is O=C(Nc1cc(-c2csc(=O)[nH]2)cc(S(=O)(=O)NC2CCCC2)c1)C1CC1. The fourth-order valence-electron chi connectivity index (χ4n) is 3.32. The number of H-pyrrole nitrogens is 1. The summed E-state index contributed by atoms with van der Waals surface area (Å²) in [5.74, 6) is -0.0932. The Morgan fingerprint density at radius 3 is 2.48 bits per heavy atom. The predicted octanol–water partition coefficient (Wildman–Crippen LogP) is 2.67. The highest BCUT2D eigenvalue weighted by Crippen LogP contribution is 2.32. The number of amides is 1. The zero-order valence-electron chi connectivity index (χ0n) is 14.7. The number of nitrogens with one attached hydrogen (secondary N) is 3. The molecule has 2 aliphatic carbocycles. The smallest absolute Gasteiger partial charge is 0.304 e. The van der Waals surface area contributed by atoms with Gasteiger partial charge in [0.05, 0.1) is 10.6 Å². The Morgan fingerprint density at radius 2 is 1.85 bits per heavy atom. The minimum atomic E-state index is -3.72. The summed E-state index contributed by atoms with van der Waals surface area (Å²) in [5.41, 5.74) is 1.50. The van der Waals surface area contributed by atoms with Crippen molar-refractivity contribution in [1.82, 2.24) is 9.71 Å². The van der Waals surface area contributed by atoms with E-state index in [9.17, 15) is 18.0 Å². The van der Waals surface area contributed by atoms with E-state index in [2.05, 4.69) is 15.0 Å². The van der Waals surface area contributed by atoms with Crippen LogP contribution >= 0.6 is 11.3 Å². The van der Waals surface area contributed by atoms with E-state index in [1.165, 1.54) is 12.1 Å². The van der Waals surface area contributed by atoms with E-state index in [0.29, 0.717) is 16.9 Å². The standard InChI is InChI=1S/C18H21N3O4S2/c22-17(11-5-6-11)19-14-7-12(16-10-26-18(23)20-16)8-15(9-14)27(24,25)21-13-3-1-2-4-13/h7-11,13,21H,1-6H2,(H,19,22)(H,20,23). The van der Waals surface area contributed by atoms with Gasteiger partial charge in [-0.3, -0.25) is 9.59 Å². The van der Waals surface area contributed by atoms with E-state index in [-0.39, 0.29) is 27.6 Å². The molecule has 4 rings (SSSR count). The summed E-state index contributed by atoms with van der Waals surface area (Å²) >= 11 is 1.01. The van der Waals surface area contributed by atoms with Gasteiger partial charge in [-0.1, -0.05) is 24.2 Å². The molecule has 0 unspecified atom stereocenters. The van der Waals surface area contributed by atoms with Crippen molar-refractivity contribution in [2.45, 2.75) is 49.5 Å². The van der Waals surface area contributed by atoms with Crippen molar-refractivity contribution < 1.29 is 13.2 Å². The van der Waals surface area contributed by atoms with Gasteiger partial charge in [0.15, 0.2) is 0 Å². The predicted molar refractivity (Wildman–Crippen MR) is 104 cm³/mol. The highest BCUT2D eigenvalue weighted by Gasteiger charge is 2.30. The minimum absolute atomic E-state index is 0.00582. The molecule has 144 valence electrons. The van der Waals surface area contributed by atoms with Crippen molar-refractivity contribution >= 4 is 33.0 Å². The summed E-state index contributed by atoms with van der Waals surface area (Å²) in [6.07, 6.45) is 5.43. The molecule has 2 aromatic rings. The Morgan fingerprint density at radius 1 is 1.11 bits per heavy atom. The largest absolute Gasteiger partial charge is 0.326 e. The van der Waals surface area contributed by atoms with Crippen molar-refractivity contribution in [3.8, 4) is 11.3 Å². The molecule has 1 aromatic heterocycles. The number of carbonyl (C=O) groups is 1. The average Bonchev–Trinajstić information content (AvgIpc) is 3.20. The van der Waals surface area contributed by atoms with Crippen molar-refractivity contribution in [1.29, 1.82) is 0 Å². The lowest BCUT2D eigenvalue weighted by Gasteiger charge is -2.15. The van der Waals surface area contributed by atoms with Gasteiger partial charge in [-0.15, -0.1) is 0 Å². The number of hydrogen-bond donors (Lipinski definition) is 3. The number of hydrogen-bond acceptors (Lipinski definition) is 5. The lowest BCUT2D eigenvalue weighted by molar-refractivity contribution is -0.117. The molecule has 0 aliphatic heterocycles. The monoisotopic (exact) mass is 407 g/mol. The fourth-order valence-corrected chi connectivity index (χ4v) is 5.29. The van der Waals surface area contributed by atoms with Crippen molar-refractivity contribution in [3.05, 3.63) is 33.2 Å². The van der Waals surface area contributed by atoms with E-state index in [0.717, 1.165) is 49.9 Å². The molecule has 0 atom stereocenters. The van der Waals surface area contributed by atoms with Gasteiger partial charge >= 0.3 is 4.87 Å². The summed E-state index contributed by atoms with van der Waals surface area (Å²) in [5, 5.41) is 4.45. The van der Waals surface area contributed by atoms with Gasteiger partial charge < -0.3 is 10.3 Å². The lowest BCUT2D eigenvalue weighted by atomic mass is 10.1. The lowest BCUT2D eigenvalue weighted by Crippen LogP contribution is -2.32. The average molecular weight is 408 g/mol. The topological polar surface area (TPSA) is 108 Å². The third-order valence-electron chi connectivity index (χ3n) is 4.94. The summed E-state index contributed by atoms with van der Waals surface area (Å²) in [6, 6.07) is 4.64. The van der Waals surface area contributed by atoms with Gasteiger partial charge in [-0.2, -0.15) is 0 Å². The molecule has 1 aromatic carbocycles. The van der Waals surface area contributed by atoms with Crippen LogP contribution in [0.4, 0.5) is 5.69 Å². The third-order valence-corrected chi connectivity index (χ3v) is 7.11. The van der Waals surface area contributed by atoms with Crippen LogP contribution in [0.15, 0.2) is 33.3 Å². The van der Waals surface area contributed by atoms with Crippen LogP contribution in [-0.4, -0.2) is 25.4 Å². The van der Waals surface area contributed by atoms with Gasteiger partial charge in [0, 0.05) is 28.6 Å². The number of rotatable bonds is 6. The van der Waals surface area contributed by atoms with Crippen LogP contribution in [0, 0.1) is 5.92 Å². The fraction of sp³-hybridized carbons (Fsp3) is 0.444. The molecule has 1 heterocycles. The zero-order chi connectivity index (χ0) is 19.0. The van der Waals surface area contributed by atoms with E-state index in [1.54, 1.807) is 11.4 Å². The molecule has 3 N–H and O–H groups in total. The molecule has 7 nitrogen and oxygen atoms in total. The number of carbonyl (C=O) groups excluding carboxylic acids is 1. The van der Waals surface area contributed by atoms with Crippen LogP contribution in [-0.2, 0) is 14.8 Å². The number of aromatic amines is 1. The van der Waals surface area contributed by atoms with Crippen LogP contribution in [0.3, 0.4) is 0 Å².